The van der Waals surface area contributed by atoms with Crippen molar-refractivity contribution in [1.82, 2.24) is 19.7 Å². The van der Waals surface area contributed by atoms with E-state index in [4.69, 9.17) is 4.42 Å². The molecule has 2 aromatic carbocycles. The van der Waals surface area contributed by atoms with Crippen LogP contribution in [0.5, 0.6) is 0 Å². The van der Waals surface area contributed by atoms with Crippen molar-refractivity contribution in [3.8, 4) is 11.5 Å². The van der Waals surface area contributed by atoms with Crippen LogP contribution in [0.4, 0.5) is 0 Å². The van der Waals surface area contributed by atoms with Gasteiger partial charge in [-0.2, -0.15) is 0 Å². The first-order valence-electron chi connectivity index (χ1n) is 8.65. The molecule has 4 rings (SSSR count). The Bertz CT molecular complexity index is 1140. The minimum atomic E-state index is -0.0337. The van der Waals surface area contributed by atoms with E-state index in [1.165, 1.54) is 11.8 Å². The van der Waals surface area contributed by atoms with Crippen LogP contribution in [-0.4, -0.2) is 19.7 Å². The molecule has 2 heterocycles. The lowest BCUT2D eigenvalue weighted by atomic mass is 10.2. The normalized spacial score (nSPS) is 11.4. The molecule has 4 aromatic rings. The average Bonchev–Trinajstić information content (AvgIpc) is 3.16. The smallest absolute Gasteiger partial charge is 0.262 e. The first-order valence-corrected chi connectivity index (χ1v) is 9.64. The van der Waals surface area contributed by atoms with Crippen LogP contribution in [0.25, 0.3) is 22.4 Å². The molecule has 0 atom stereocenters. The summed E-state index contributed by atoms with van der Waals surface area (Å²) in [7, 11) is 0. The Morgan fingerprint density at radius 1 is 1.04 bits per heavy atom. The number of nitrogens with zero attached hydrogens (tertiary/aromatic N) is 4. The fourth-order valence-corrected chi connectivity index (χ4v) is 3.78. The summed E-state index contributed by atoms with van der Waals surface area (Å²) < 4.78 is 7.46. The molecule has 0 aliphatic heterocycles. The highest BCUT2D eigenvalue weighted by atomic mass is 32.2. The van der Waals surface area contributed by atoms with Crippen molar-refractivity contribution in [3.63, 3.8) is 0 Å². The van der Waals surface area contributed by atoms with Crippen LogP contribution >= 0.6 is 11.8 Å². The van der Waals surface area contributed by atoms with Gasteiger partial charge in [0.15, 0.2) is 5.16 Å². The summed E-state index contributed by atoms with van der Waals surface area (Å²) in [5.74, 6) is 1.42. The van der Waals surface area contributed by atoms with E-state index < -0.39 is 0 Å². The number of aromatic nitrogens is 4. The Hall–Kier alpha value is -2.93. The van der Waals surface area contributed by atoms with Gasteiger partial charge in [0.1, 0.15) is 0 Å². The van der Waals surface area contributed by atoms with Gasteiger partial charge >= 0.3 is 0 Å². The van der Waals surface area contributed by atoms with Crippen molar-refractivity contribution < 1.29 is 4.42 Å². The summed E-state index contributed by atoms with van der Waals surface area (Å²) in [6.07, 6.45) is 0. The van der Waals surface area contributed by atoms with Gasteiger partial charge in [-0.15, -0.1) is 10.2 Å². The molecule has 0 aliphatic rings. The summed E-state index contributed by atoms with van der Waals surface area (Å²) in [5.41, 5.74) is 1.54. The van der Waals surface area contributed by atoms with Gasteiger partial charge < -0.3 is 4.42 Å². The van der Waals surface area contributed by atoms with E-state index in [1.807, 2.05) is 68.4 Å². The molecule has 7 heteroatoms. The maximum Gasteiger partial charge on any atom is 0.262 e. The third-order valence-corrected chi connectivity index (χ3v) is 5.04. The van der Waals surface area contributed by atoms with Crippen molar-refractivity contribution in [2.75, 3.05) is 0 Å². The zero-order valence-electron chi connectivity index (χ0n) is 15.0. The zero-order valence-corrected chi connectivity index (χ0v) is 15.8. The summed E-state index contributed by atoms with van der Waals surface area (Å²) in [5, 5.41) is 9.49. The molecule has 0 bridgehead atoms. The van der Waals surface area contributed by atoms with Crippen LogP contribution in [0, 0.1) is 0 Å². The van der Waals surface area contributed by atoms with E-state index in [0.29, 0.717) is 33.6 Å². The second kappa shape index (κ2) is 7.36. The zero-order chi connectivity index (χ0) is 18.8. The molecule has 0 saturated carbocycles. The number of para-hydroxylation sites is 1. The van der Waals surface area contributed by atoms with Crippen LogP contribution in [0.2, 0.25) is 0 Å². The maximum absolute atomic E-state index is 12.8. The molecule has 0 saturated heterocycles. The highest BCUT2D eigenvalue weighted by Gasteiger charge is 2.15. The second-order valence-corrected chi connectivity index (χ2v) is 7.28. The maximum atomic E-state index is 12.8. The molecular weight excluding hydrogens is 360 g/mol. The molecular formula is C20H18N4O2S. The standard InChI is InChI=1S/C20H18N4O2S/c1-13(2)24-19(25)15-10-6-7-11-16(15)21-20(24)27-12-17-22-23-18(26-17)14-8-4-3-5-9-14/h3-11,13H,12H2,1-2H3. The number of benzene rings is 2. The minimum Gasteiger partial charge on any atom is -0.420 e. The molecule has 2 aromatic heterocycles. The first kappa shape index (κ1) is 17.5. The van der Waals surface area contributed by atoms with Crippen LogP contribution in [0.1, 0.15) is 25.8 Å². The number of rotatable bonds is 5. The predicted octanol–water partition coefficient (Wildman–Crippen LogP) is 4.32. The Labute approximate surface area is 160 Å². The minimum absolute atomic E-state index is 0.000305. The van der Waals surface area contributed by atoms with Gasteiger partial charge in [0, 0.05) is 11.6 Å². The Morgan fingerprint density at radius 2 is 1.78 bits per heavy atom. The van der Waals surface area contributed by atoms with Crippen molar-refractivity contribution in [1.29, 1.82) is 0 Å². The molecule has 27 heavy (non-hydrogen) atoms. The summed E-state index contributed by atoms with van der Waals surface area (Å²) in [6, 6.07) is 17.0. The quantitative estimate of drug-likeness (QED) is 0.380. The van der Waals surface area contributed by atoms with E-state index >= 15 is 0 Å². The van der Waals surface area contributed by atoms with Crippen LogP contribution < -0.4 is 5.56 Å². The molecule has 0 N–H and O–H groups in total. The van der Waals surface area contributed by atoms with E-state index in [2.05, 4.69) is 15.2 Å². The van der Waals surface area contributed by atoms with E-state index in [1.54, 1.807) is 4.57 Å². The van der Waals surface area contributed by atoms with Crippen molar-refractivity contribution in [3.05, 3.63) is 70.8 Å². The second-order valence-electron chi connectivity index (χ2n) is 6.34. The largest absolute Gasteiger partial charge is 0.420 e. The van der Waals surface area contributed by atoms with Crippen molar-refractivity contribution >= 4 is 22.7 Å². The van der Waals surface area contributed by atoms with Gasteiger partial charge in [-0.25, -0.2) is 4.98 Å². The topological polar surface area (TPSA) is 73.8 Å². The van der Waals surface area contributed by atoms with Crippen LogP contribution in [0.3, 0.4) is 0 Å². The lowest BCUT2D eigenvalue weighted by Gasteiger charge is -2.15. The average molecular weight is 378 g/mol. The number of thioether (sulfide) groups is 1. The molecule has 6 nitrogen and oxygen atoms in total. The SMILES string of the molecule is CC(C)n1c(SCc2nnc(-c3ccccc3)o2)nc2ccccc2c1=O. The fourth-order valence-electron chi connectivity index (χ4n) is 2.82. The summed E-state index contributed by atoms with van der Waals surface area (Å²) in [6.45, 7) is 3.95. The molecule has 0 fully saturated rings. The van der Waals surface area contributed by atoms with Gasteiger partial charge in [0.05, 0.1) is 16.7 Å². The fraction of sp³-hybridized carbons (Fsp3) is 0.200. The van der Waals surface area contributed by atoms with Gasteiger partial charge in [-0.3, -0.25) is 9.36 Å². The lowest BCUT2D eigenvalue weighted by molar-refractivity contribution is 0.514. The van der Waals surface area contributed by atoms with Gasteiger partial charge in [-0.05, 0) is 38.1 Å². The van der Waals surface area contributed by atoms with Crippen LogP contribution in [-0.2, 0) is 5.75 Å². The Balaban J connectivity index is 1.63. The van der Waals surface area contributed by atoms with E-state index in [-0.39, 0.29) is 11.6 Å². The molecule has 0 spiro atoms. The lowest BCUT2D eigenvalue weighted by Crippen LogP contribution is -2.25. The number of fused-ring (bicyclic) bond motifs is 1. The van der Waals surface area contributed by atoms with Gasteiger partial charge in [-0.1, -0.05) is 42.1 Å². The van der Waals surface area contributed by atoms with Crippen LogP contribution in [0.15, 0.2) is 69.0 Å². The predicted molar refractivity (Wildman–Crippen MR) is 106 cm³/mol. The molecule has 0 radical (unpaired) electrons. The summed E-state index contributed by atoms with van der Waals surface area (Å²) >= 11 is 1.42. The highest BCUT2D eigenvalue weighted by molar-refractivity contribution is 7.98. The van der Waals surface area contributed by atoms with Crippen molar-refractivity contribution in [2.24, 2.45) is 0 Å². The van der Waals surface area contributed by atoms with Gasteiger partial charge in [0.2, 0.25) is 11.8 Å². The van der Waals surface area contributed by atoms with E-state index in [9.17, 15) is 4.79 Å². The number of hydrogen-bond donors (Lipinski definition) is 0. The molecule has 136 valence electrons. The highest BCUT2D eigenvalue weighted by Crippen LogP contribution is 2.25. The Kier molecular flexibility index (Phi) is 4.77. The summed E-state index contributed by atoms with van der Waals surface area (Å²) in [4.78, 5) is 17.5. The monoisotopic (exact) mass is 378 g/mol. The third-order valence-electron chi connectivity index (χ3n) is 4.10. The third kappa shape index (κ3) is 3.50. The Morgan fingerprint density at radius 3 is 2.56 bits per heavy atom. The first-order chi connectivity index (χ1) is 13.1. The van der Waals surface area contributed by atoms with E-state index in [0.717, 1.165) is 5.56 Å². The van der Waals surface area contributed by atoms with Crippen molar-refractivity contribution in [2.45, 2.75) is 30.8 Å². The molecule has 0 aliphatic carbocycles. The van der Waals surface area contributed by atoms with Gasteiger partial charge in [0.25, 0.3) is 5.56 Å². The molecule has 0 unspecified atom stereocenters. The number of hydrogen-bond acceptors (Lipinski definition) is 6. The molecule has 0 amide bonds.